The van der Waals surface area contributed by atoms with Crippen LogP contribution in [0.5, 0.6) is 0 Å². The van der Waals surface area contributed by atoms with Gasteiger partial charge in [-0.25, -0.2) is 4.79 Å². The summed E-state index contributed by atoms with van der Waals surface area (Å²) in [5.41, 5.74) is 5.77. The summed E-state index contributed by atoms with van der Waals surface area (Å²) >= 11 is 3.91. The number of rotatable bonds is 8. The summed E-state index contributed by atoms with van der Waals surface area (Å²) in [6.45, 7) is 5.51. The van der Waals surface area contributed by atoms with E-state index in [0.29, 0.717) is 19.4 Å². The first-order valence-corrected chi connectivity index (χ1v) is 9.23. The summed E-state index contributed by atoms with van der Waals surface area (Å²) in [5, 5.41) is 14.0. The highest BCUT2D eigenvalue weighted by Crippen LogP contribution is 2.19. The van der Waals surface area contributed by atoms with E-state index >= 15 is 0 Å². The number of carbonyl (C=O) groups excluding carboxylic acids is 3. The zero-order valence-electron chi connectivity index (χ0n) is 15.3. The molecular weight excluding hydrogens is 360 g/mol. The second-order valence-corrected chi connectivity index (χ2v) is 7.14. The lowest BCUT2D eigenvalue weighted by Crippen LogP contribution is -2.56. The molecular formula is C16H28N4O5S. The molecule has 1 rings (SSSR count). The summed E-state index contributed by atoms with van der Waals surface area (Å²) in [4.78, 5) is 49.4. The Kier molecular flexibility index (Phi) is 8.35. The number of nitrogens with two attached hydrogens (primary N) is 1. The van der Waals surface area contributed by atoms with E-state index < -0.39 is 47.9 Å². The maximum Gasteiger partial charge on any atom is 0.327 e. The largest absolute Gasteiger partial charge is 0.480 e. The van der Waals surface area contributed by atoms with Gasteiger partial charge in [0.1, 0.15) is 18.1 Å². The van der Waals surface area contributed by atoms with Gasteiger partial charge in [0, 0.05) is 12.3 Å². The molecule has 0 aromatic rings. The predicted molar refractivity (Wildman–Crippen MR) is 98.6 cm³/mol. The smallest absolute Gasteiger partial charge is 0.327 e. The number of aliphatic carboxylic acids is 1. The number of hydrogen-bond acceptors (Lipinski definition) is 6. The minimum Gasteiger partial charge on any atom is -0.480 e. The summed E-state index contributed by atoms with van der Waals surface area (Å²) in [7, 11) is 0. The van der Waals surface area contributed by atoms with Crippen molar-refractivity contribution in [2.75, 3.05) is 12.3 Å². The first kappa shape index (κ1) is 22.2. The van der Waals surface area contributed by atoms with E-state index in [4.69, 9.17) is 10.8 Å². The maximum atomic E-state index is 12.6. The number of nitrogens with one attached hydrogen (secondary N) is 2. The normalized spacial score (nSPS) is 20.4. The predicted octanol–water partition coefficient (Wildman–Crippen LogP) is -1.04. The molecule has 1 fully saturated rings. The fraction of sp³-hybridized carbons (Fsp3) is 0.750. The third-order valence-electron chi connectivity index (χ3n) is 4.39. The second-order valence-electron chi connectivity index (χ2n) is 6.77. The molecule has 0 aromatic heterocycles. The zero-order valence-corrected chi connectivity index (χ0v) is 16.2. The quantitative estimate of drug-likeness (QED) is 0.336. The average Bonchev–Trinajstić information content (AvgIpc) is 3.06. The Bertz CT molecular complexity index is 557. The van der Waals surface area contributed by atoms with Crippen LogP contribution in [0.4, 0.5) is 0 Å². The molecule has 0 saturated carbocycles. The number of thiol groups is 1. The molecule has 1 aliphatic rings. The minimum atomic E-state index is -1.19. The molecule has 0 radical (unpaired) electrons. The monoisotopic (exact) mass is 388 g/mol. The van der Waals surface area contributed by atoms with Crippen LogP contribution in [-0.4, -0.2) is 70.2 Å². The fourth-order valence-corrected chi connectivity index (χ4v) is 2.93. The molecule has 0 aromatic carbocycles. The van der Waals surface area contributed by atoms with E-state index in [1.165, 1.54) is 11.8 Å². The van der Waals surface area contributed by atoms with Gasteiger partial charge in [0.25, 0.3) is 0 Å². The molecule has 1 heterocycles. The Morgan fingerprint density at radius 2 is 1.85 bits per heavy atom. The lowest BCUT2D eigenvalue weighted by atomic mass is 10.0. The first-order valence-electron chi connectivity index (χ1n) is 8.60. The zero-order chi connectivity index (χ0) is 20.0. The van der Waals surface area contributed by atoms with Crippen molar-refractivity contribution in [2.24, 2.45) is 11.7 Å². The summed E-state index contributed by atoms with van der Waals surface area (Å²) in [6, 6.07) is -3.44. The van der Waals surface area contributed by atoms with Gasteiger partial charge >= 0.3 is 5.97 Å². The molecule has 10 heteroatoms. The molecule has 148 valence electrons. The number of carboxylic acid groups (broad SMARTS) is 1. The highest BCUT2D eigenvalue weighted by atomic mass is 32.1. The van der Waals surface area contributed by atoms with E-state index in [1.54, 1.807) is 13.8 Å². The molecule has 0 bridgehead atoms. The third-order valence-corrected chi connectivity index (χ3v) is 4.75. The van der Waals surface area contributed by atoms with Crippen molar-refractivity contribution in [1.82, 2.24) is 15.5 Å². The molecule has 0 aliphatic carbocycles. The Balaban J connectivity index is 2.73. The van der Waals surface area contributed by atoms with Crippen LogP contribution in [-0.2, 0) is 19.2 Å². The molecule has 1 saturated heterocycles. The van der Waals surface area contributed by atoms with Gasteiger partial charge in [-0.15, -0.1) is 0 Å². The van der Waals surface area contributed by atoms with Crippen LogP contribution in [0.1, 0.15) is 33.6 Å². The Morgan fingerprint density at radius 1 is 1.23 bits per heavy atom. The molecule has 4 atom stereocenters. The average molecular weight is 388 g/mol. The SMILES string of the molecule is CC(NC(=O)C(N)C(C)C)C(=O)N1CCCC1C(=O)NC(CS)C(=O)O. The van der Waals surface area contributed by atoms with Crippen molar-refractivity contribution in [3.63, 3.8) is 0 Å². The summed E-state index contributed by atoms with van der Waals surface area (Å²) in [5.74, 6) is -2.67. The van der Waals surface area contributed by atoms with Crippen molar-refractivity contribution in [2.45, 2.75) is 57.8 Å². The molecule has 9 nitrogen and oxygen atoms in total. The number of nitrogens with zero attached hydrogens (tertiary/aromatic N) is 1. The highest BCUT2D eigenvalue weighted by molar-refractivity contribution is 7.80. The highest BCUT2D eigenvalue weighted by Gasteiger charge is 2.37. The van der Waals surface area contributed by atoms with E-state index in [-0.39, 0.29) is 11.7 Å². The first-order chi connectivity index (χ1) is 12.1. The van der Waals surface area contributed by atoms with Crippen LogP contribution in [0.25, 0.3) is 0 Å². The van der Waals surface area contributed by atoms with Crippen LogP contribution >= 0.6 is 12.6 Å². The van der Waals surface area contributed by atoms with Crippen LogP contribution < -0.4 is 16.4 Å². The molecule has 1 aliphatic heterocycles. The molecule has 26 heavy (non-hydrogen) atoms. The standard InChI is InChI=1S/C16H28N4O5S/c1-8(2)12(17)14(22)18-9(3)15(23)20-6-4-5-11(20)13(21)19-10(7-26)16(24)25/h8-12,26H,4-7,17H2,1-3H3,(H,18,22)(H,19,21)(H,24,25). The number of hydrogen-bond donors (Lipinski definition) is 5. The lowest BCUT2D eigenvalue weighted by Gasteiger charge is -2.28. The van der Waals surface area contributed by atoms with E-state index in [2.05, 4.69) is 23.3 Å². The fourth-order valence-electron chi connectivity index (χ4n) is 2.68. The van der Waals surface area contributed by atoms with Gasteiger partial charge in [-0.1, -0.05) is 13.8 Å². The van der Waals surface area contributed by atoms with Crippen LogP contribution in [0.2, 0.25) is 0 Å². The minimum absolute atomic E-state index is 0.0543. The van der Waals surface area contributed by atoms with E-state index in [1.807, 2.05) is 0 Å². The molecule has 4 unspecified atom stereocenters. The molecule has 3 amide bonds. The Morgan fingerprint density at radius 3 is 2.35 bits per heavy atom. The van der Waals surface area contributed by atoms with Gasteiger partial charge in [-0.2, -0.15) is 12.6 Å². The Hall–Kier alpha value is -1.81. The van der Waals surface area contributed by atoms with Crippen molar-refractivity contribution in [3.8, 4) is 0 Å². The third kappa shape index (κ3) is 5.60. The summed E-state index contributed by atoms with van der Waals surface area (Å²) in [6.07, 6.45) is 1.05. The van der Waals surface area contributed by atoms with Gasteiger partial charge in [0.15, 0.2) is 0 Å². The van der Waals surface area contributed by atoms with Crippen LogP contribution in [0.15, 0.2) is 0 Å². The lowest BCUT2D eigenvalue weighted by molar-refractivity contribution is -0.144. The van der Waals surface area contributed by atoms with E-state index in [0.717, 1.165) is 0 Å². The van der Waals surface area contributed by atoms with Crippen molar-refractivity contribution in [3.05, 3.63) is 0 Å². The second kappa shape index (κ2) is 9.77. The Labute approximate surface area is 158 Å². The number of likely N-dealkylation sites (tertiary alicyclic amines) is 1. The maximum absolute atomic E-state index is 12.6. The van der Waals surface area contributed by atoms with Crippen molar-refractivity contribution >= 4 is 36.3 Å². The van der Waals surface area contributed by atoms with Gasteiger partial charge in [-0.3, -0.25) is 14.4 Å². The number of amides is 3. The van der Waals surface area contributed by atoms with Gasteiger partial charge in [0.05, 0.1) is 6.04 Å². The summed E-state index contributed by atoms with van der Waals surface area (Å²) < 4.78 is 0. The molecule has 5 N–H and O–H groups in total. The van der Waals surface area contributed by atoms with Gasteiger partial charge < -0.3 is 26.4 Å². The van der Waals surface area contributed by atoms with Crippen molar-refractivity contribution in [1.29, 1.82) is 0 Å². The number of carboxylic acids is 1. The number of carbonyl (C=O) groups is 4. The van der Waals surface area contributed by atoms with Crippen molar-refractivity contribution < 1.29 is 24.3 Å². The van der Waals surface area contributed by atoms with Gasteiger partial charge in [0.2, 0.25) is 17.7 Å². The topological polar surface area (TPSA) is 142 Å². The molecule has 0 spiro atoms. The van der Waals surface area contributed by atoms with Gasteiger partial charge in [-0.05, 0) is 25.7 Å². The van der Waals surface area contributed by atoms with Crippen LogP contribution in [0.3, 0.4) is 0 Å². The van der Waals surface area contributed by atoms with E-state index in [9.17, 15) is 19.2 Å². The van der Waals surface area contributed by atoms with Crippen LogP contribution in [0, 0.1) is 5.92 Å².